The summed E-state index contributed by atoms with van der Waals surface area (Å²) >= 11 is 0. The van der Waals surface area contributed by atoms with Gasteiger partial charge in [-0.3, -0.25) is 9.59 Å². The molecule has 0 atom stereocenters. The first-order chi connectivity index (χ1) is 13.5. The zero-order chi connectivity index (χ0) is 20.1. The number of Topliss-reactive ketones (excluding diaryl/α,β-unsaturated/α-hetero) is 1. The molecule has 0 aromatic heterocycles. The predicted octanol–water partition coefficient (Wildman–Crippen LogP) is 3.60. The van der Waals surface area contributed by atoms with Crippen LogP contribution in [0.25, 0.3) is 12.2 Å². The van der Waals surface area contributed by atoms with Crippen LogP contribution in [0, 0.1) is 0 Å². The van der Waals surface area contributed by atoms with Gasteiger partial charge in [0, 0.05) is 31.2 Å². The van der Waals surface area contributed by atoms with Crippen LogP contribution in [0.3, 0.4) is 0 Å². The molecule has 1 aliphatic rings. The lowest BCUT2D eigenvalue weighted by atomic mass is 9.94. The van der Waals surface area contributed by atoms with E-state index in [0.29, 0.717) is 35.7 Å². The summed E-state index contributed by atoms with van der Waals surface area (Å²) in [6, 6.07) is 15.0. The van der Waals surface area contributed by atoms with E-state index in [2.05, 4.69) is 0 Å². The number of carbonyl (C=O) groups is 2. The Morgan fingerprint density at radius 3 is 1.75 bits per heavy atom. The van der Waals surface area contributed by atoms with Crippen molar-refractivity contribution in [1.82, 2.24) is 4.90 Å². The van der Waals surface area contributed by atoms with Crippen molar-refractivity contribution in [3.05, 3.63) is 70.8 Å². The van der Waals surface area contributed by atoms with Crippen LogP contribution in [0.4, 0.5) is 0 Å². The van der Waals surface area contributed by atoms with Gasteiger partial charge in [0.05, 0.1) is 14.2 Å². The van der Waals surface area contributed by atoms with Gasteiger partial charge in [0.2, 0.25) is 5.91 Å². The molecule has 0 bridgehead atoms. The molecule has 2 aromatic rings. The maximum atomic E-state index is 13.1. The molecule has 1 heterocycles. The number of piperidine rings is 1. The second-order valence-electron chi connectivity index (χ2n) is 6.60. The van der Waals surface area contributed by atoms with Crippen LogP contribution >= 0.6 is 0 Å². The number of hydrogen-bond donors (Lipinski definition) is 0. The van der Waals surface area contributed by atoms with Crippen molar-refractivity contribution in [2.45, 2.75) is 6.92 Å². The van der Waals surface area contributed by atoms with Gasteiger partial charge in [-0.1, -0.05) is 24.3 Å². The van der Waals surface area contributed by atoms with Crippen molar-refractivity contribution in [2.75, 3.05) is 27.3 Å². The number of carbonyl (C=O) groups excluding carboxylic acids is 2. The first-order valence-corrected chi connectivity index (χ1v) is 8.99. The van der Waals surface area contributed by atoms with E-state index in [-0.39, 0.29) is 11.7 Å². The molecular weight excluding hydrogens is 354 g/mol. The number of nitrogens with zero attached hydrogens (tertiary/aromatic N) is 1. The predicted molar refractivity (Wildman–Crippen MR) is 109 cm³/mol. The Kier molecular flexibility index (Phi) is 5.94. The highest BCUT2D eigenvalue weighted by molar-refractivity contribution is 6.15. The second-order valence-corrected chi connectivity index (χ2v) is 6.60. The molecule has 144 valence electrons. The van der Waals surface area contributed by atoms with Gasteiger partial charge in [-0.05, 0) is 47.5 Å². The molecule has 2 aromatic carbocycles. The maximum absolute atomic E-state index is 13.1. The highest BCUT2D eigenvalue weighted by atomic mass is 16.5. The molecule has 3 rings (SSSR count). The number of likely N-dealkylation sites (tertiary alicyclic amines) is 1. The summed E-state index contributed by atoms with van der Waals surface area (Å²) in [7, 11) is 3.20. The summed E-state index contributed by atoms with van der Waals surface area (Å²) < 4.78 is 10.5. The molecule has 1 saturated heterocycles. The van der Waals surface area contributed by atoms with Crippen LogP contribution in [0.1, 0.15) is 18.1 Å². The molecule has 0 aliphatic carbocycles. The zero-order valence-electron chi connectivity index (χ0n) is 16.3. The van der Waals surface area contributed by atoms with E-state index < -0.39 is 0 Å². The monoisotopic (exact) mass is 377 g/mol. The first-order valence-electron chi connectivity index (χ1n) is 8.99. The summed E-state index contributed by atoms with van der Waals surface area (Å²) in [5.41, 5.74) is 2.86. The number of amides is 1. The Morgan fingerprint density at radius 1 is 0.893 bits per heavy atom. The SMILES string of the molecule is COc1cccc(/C=C2\CN(C(C)=O)C/C(=C\c3cccc(OC)c3)C2=O)c1. The van der Waals surface area contributed by atoms with Crippen molar-refractivity contribution in [1.29, 1.82) is 0 Å². The van der Waals surface area contributed by atoms with Crippen LogP contribution in [0.15, 0.2) is 59.7 Å². The fourth-order valence-corrected chi connectivity index (χ4v) is 3.13. The fourth-order valence-electron chi connectivity index (χ4n) is 3.13. The molecule has 5 nitrogen and oxygen atoms in total. The average molecular weight is 377 g/mol. The van der Waals surface area contributed by atoms with E-state index in [1.165, 1.54) is 6.92 Å². The van der Waals surface area contributed by atoms with Gasteiger partial charge in [0.15, 0.2) is 5.78 Å². The molecule has 0 N–H and O–H groups in total. The van der Waals surface area contributed by atoms with Gasteiger partial charge >= 0.3 is 0 Å². The van der Waals surface area contributed by atoms with Gasteiger partial charge < -0.3 is 14.4 Å². The van der Waals surface area contributed by atoms with Crippen molar-refractivity contribution in [3.63, 3.8) is 0 Å². The van der Waals surface area contributed by atoms with E-state index in [0.717, 1.165) is 11.1 Å². The Hall–Kier alpha value is -3.34. The van der Waals surface area contributed by atoms with Crippen LogP contribution in [0.5, 0.6) is 11.5 Å². The molecule has 5 heteroatoms. The van der Waals surface area contributed by atoms with Crippen molar-refractivity contribution < 1.29 is 19.1 Å². The van der Waals surface area contributed by atoms with Gasteiger partial charge in [-0.2, -0.15) is 0 Å². The molecule has 1 fully saturated rings. The number of rotatable bonds is 4. The lowest BCUT2D eigenvalue weighted by Gasteiger charge is -2.29. The Bertz CT molecular complexity index is 889. The standard InChI is InChI=1S/C23H23NO4/c1-16(25)24-14-19(10-17-6-4-8-21(12-17)27-2)23(26)20(15-24)11-18-7-5-9-22(13-18)28-3/h4-13H,14-15H2,1-3H3/b19-10+,20-11+. The minimum absolute atomic E-state index is 0.0526. The van der Waals surface area contributed by atoms with Crippen molar-refractivity contribution >= 4 is 23.8 Å². The Balaban J connectivity index is 1.99. The molecule has 28 heavy (non-hydrogen) atoms. The van der Waals surface area contributed by atoms with Crippen LogP contribution in [-0.2, 0) is 9.59 Å². The molecular formula is C23H23NO4. The molecule has 0 saturated carbocycles. The van der Waals surface area contributed by atoms with E-state index in [4.69, 9.17) is 9.47 Å². The number of hydrogen-bond acceptors (Lipinski definition) is 4. The topological polar surface area (TPSA) is 55.8 Å². The zero-order valence-corrected chi connectivity index (χ0v) is 16.3. The first kappa shape index (κ1) is 19.4. The van der Waals surface area contributed by atoms with Gasteiger partial charge in [0.1, 0.15) is 11.5 Å². The molecule has 0 unspecified atom stereocenters. The molecule has 1 amide bonds. The summed E-state index contributed by atoms with van der Waals surface area (Å²) in [6.45, 7) is 2.10. The normalized spacial score (nSPS) is 17.1. The lowest BCUT2D eigenvalue weighted by molar-refractivity contribution is -0.129. The van der Waals surface area contributed by atoms with E-state index in [1.54, 1.807) is 19.1 Å². The van der Waals surface area contributed by atoms with Crippen LogP contribution in [0.2, 0.25) is 0 Å². The Morgan fingerprint density at radius 2 is 1.36 bits per heavy atom. The third-order valence-electron chi connectivity index (χ3n) is 4.62. The maximum Gasteiger partial charge on any atom is 0.220 e. The quantitative estimate of drug-likeness (QED) is 0.764. The lowest BCUT2D eigenvalue weighted by Crippen LogP contribution is -2.40. The van der Waals surface area contributed by atoms with Crippen LogP contribution in [-0.4, -0.2) is 43.9 Å². The van der Waals surface area contributed by atoms with Crippen molar-refractivity contribution in [2.24, 2.45) is 0 Å². The minimum atomic E-state index is -0.0689. The van der Waals surface area contributed by atoms with Crippen molar-refractivity contribution in [3.8, 4) is 11.5 Å². The van der Waals surface area contributed by atoms with Gasteiger partial charge in [-0.15, -0.1) is 0 Å². The number of ether oxygens (including phenoxy) is 2. The number of benzene rings is 2. The van der Waals surface area contributed by atoms with E-state index >= 15 is 0 Å². The minimum Gasteiger partial charge on any atom is -0.497 e. The largest absolute Gasteiger partial charge is 0.497 e. The smallest absolute Gasteiger partial charge is 0.220 e. The summed E-state index contributed by atoms with van der Waals surface area (Å²) in [6.07, 6.45) is 3.64. The average Bonchev–Trinajstić information content (AvgIpc) is 2.71. The number of ketones is 1. The molecule has 0 spiro atoms. The van der Waals surface area contributed by atoms with Gasteiger partial charge in [0.25, 0.3) is 0 Å². The molecule has 0 radical (unpaired) electrons. The third-order valence-corrected chi connectivity index (χ3v) is 4.62. The number of methoxy groups -OCH3 is 2. The fraction of sp³-hybridized carbons (Fsp3) is 0.217. The summed E-state index contributed by atoms with van der Waals surface area (Å²) in [5, 5.41) is 0. The van der Waals surface area contributed by atoms with E-state index in [9.17, 15) is 9.59 Å². The van der Waals surface area contributed by atoms with E-state index in [1.807, 2.05) is 60.7 Å². The molecule has 1 aliphatic heterocycles. The highest BCUT2D eigenvalue weighted by Crippen LogP contribution is 2.24. The second kappa shape index (κ2) is 8.57. The Labute approximate surface area is 164 Å². The van der Waals surface area contributed by atoms with Crippen LogP contribution < -0.4 is 9.47 Å². The highest BCUT2D eigenvalue weighted by Gasteiger charge is 2.27. The third kappa shape index (κ3) is 4.49. The summed E-state index contributed by atoms with van der Waals surface area (Å²) in [5.74, 6) is 1.31. The summed E-state index contributed by atoms with van der Waals surface area (Å²) in [4.78, 5) is 26.8. The van der Waals surface area contributed by atoms with Gasteiger partial charge in [-0.25, -0.2) is 0 Å².